The normalized spacial score (nSPS) is 12.5. The maximum Gasteiger partial charge on any atom is 0.143 e. The monoisotopic (exact) mass is 618 g/mol. The van der Waals surface area contributed by atoms with Crippen molar-refractivity contribution < 1.29 is 4.42 Å². The fourth-order valence-corrected chi connectivity index (χ4v) is 8.83. The van der Waals surface area contributed by atoms with Gasteiger partial charge in [0.1, 0.15) is 11.2 Å². The molecular weight excluding hydrogens is 593 g/mol. The molecule has 11 aromatic carbocycles. The van der Waals surface area contributed by atoms with Crippen molar-refractivity contribution in [3.63, 3.8) is 0 Å². The lowest BCUT2D eigenvalue weighted by molar-refractivity contribution is 0.670. The summed E-state index contributed by atoms with van der Waals surface area (Å²) in [6.07, 6.45) is 0. The highest BCUT2D eigenvalue weighted by Gasteiger charge is 2.20. The minimum Gasteiger partial charge on any atom is -0.455 e. The van der Waals surface area contributed by atoms with Gasteiger partial charge in [0.25, 0.3) is 0 Å². The Morgan fingerprint density at radius 3 is 1.49 bits per heavy atom. The Bertz CT molecular complexity index is 3240. The van der Waals surface area contributed by atoms with Crippen molar-refractivity contribution in [2.75, 3.05) is 0 Å². The quantitative estimate of drug-likeness (QED) is 0.176. The van der Waals surface area contributed by atoms with E-state index >= 15 is 0 Å². The zero-order valence-electron chi connectivity index (χ0n) is 26.4. The van der Waals surface area contributed by atoms with Crippen LogP contribution in [0.15, 0.2) is 162 Å². The van der Waals surface area contributed by atoms with E-state index in [0.29, 0.717) is 0 Å². The molecular formula is C48H26O. The molecule has 12 rings (SSSR count). The SMILES string of the molecule is c1ccc2cc3c(cc2c1)oc1c(-c2cc4ccc5cccc6ccc(c2)c4c56)cc(-c2ccc4ccc5cccc6ccc2c4c56)cc13. The molecule has 0 unspecified atom stereocenters. The van der Waals surface area contributed by atoms with Crippen LogP contribution in [0.25, 0.3) is 120 Å². The number of rotatable bonds is 2. The molecule has 0 aliphatic heterocycles. The predicted octanol–water partition coefficient (Wildman–Crippen LogP) is 13.9. The minimum absolute atomic E-state index is 0.917. The van der Waals surface area contributed by atoms with E-state index in [-0.39, 0.29) is 0 Å². The number of fused-ring (bicyclic) bond motifs is 4. The summed E-state index contributed by atoms with van der Waals surface area (Å²) < 4.78 is 6.87. The van der Waals surface area contributed by atoms with Crippen molar-refractivity contribution in [1.82, 2.24) is 0 Å². The van der Waals surface area contributed by atoms with Gasteiger partial charge in [0.2, 0.25) is 0 Å². The Labute approximate surface area is 280 Å². The number of benzene rings is 11. The molecule has 0 N–H and O–H groups in total. The number of hydrogen-bond acceptors (Lipinski definition) is 1. The lowest BCUT2D eigenvalue weighted by atomic mass is 9.87. The molecule has 0 fully saturated rings. The molecule has 0 bridgehead atoms. The largest absolute Gasteiger partial charge is 0.455 e. The molecule has 0 amide bonds. The van der Waals surface area contributed by atoms with Crippen LogP contribution < -0.4 is 0 Å². The number of hydrogen-bond donors (Lipinski definition) is 0. The molecule has 224 valence electrons. The van der Waals surface area contributed by atoms with Crippen LogP contribution in [0.5, 0.6) is 0 Å². The maximum absolute atomic E-state index is 6.87. The number of furan rings is 1. The van der Waals surface area contributed by atoms with Crippen LogP contribution in [0.3, 0.4) is 0 Å². The molecule has 1 heteroatoms. The summed E-state index contributed by atoms with van der Waals surface area (Å²) in [6.45, 7) is 0. The first-order valence-corrected chi connectivity index (χ1v) is 17.0. The summed E-state index contributed by atoms with van der Waals surface area (Å²) in [7, 11) is 0. The third-order valence-electron chi connectivity index (χ3n) is 11.1. The molecule has 1 heterocycles. The van der Waals surface area contributed by atoms with Gasteiger partial charge in [-0.15, -0.1) is 0 Å². The van der Waals surface area contributed by atoms with Crippen LogP contribution in [0, 0.1) is 0 Å². The van der Waals surface area contributed by atoms with Gasteiger partial charge in [-0.25, -0.2) is 0 Å². The Balaban J connectivity index is 1.21. The van der Waals surface area contributed by atoms with Crippen molar-refractivity contribution in [3.8, 4) is 22.3 Å². The molecule has 49 heavy (non-hydrogen) atoms. The molecule has 0 spiro atoms. The van der Waals surface area contributed by atoms with Crippen molar-refractivity contribution in [3.05, 3.63) is 158 Å². The lowest BCUT2D eigenvalue weighted by Gasteiger charge is -2.16. The van der Waals surface area contributed by atoms with Crippen LogP contribution in [0.2, 0.25) is 0 Å². The molecule has 0 aliphatic rings. The van der Waals surface area contributed by atoms with Crippen molar-refractivity contribution in [1.29, 1.82) is 0 Å². The Morgan fingerprint density at radius 2 is 0.796 bits per heavy atom. The summed E-state index contributed by atoms with van der Waals surface area (Å²) in [5.41, 5.74) is 6.56. The maximum atomic E-state index is 6.87. The van der Waals surface area contributed by atoms with E-state index in [1.54, 1.807) is 0 Å². The highest BCUT2D eigenvalue weighted by molar-refractivity contribution is 6.27. The molecule has 12 aromatic rings. The van der Waals surface area contributed by atoms with Gasteiger partial charge in [0, 0.05) is 16.3 Å². The zero-order valence-corrected chi connectivity index (χ0v) is 26.4. The van der Waals surface area contributed by atoms with E-state index in [9.17, 15) is 0 Å². The summed E-state index contributed by atoms with van der Waals surface area (Å²) in [4.78, 5) is 0. The molecule has 1 nitrogen and oxygen atoms in total. The molecule has 0 aliphatic carbocycles. The first-order valence-electron chi connectivity index (χ1n) is 17.0. The van der Waals surface area contributed by atoms with E-state index in [1.807, 2.05) is 0 Å². The minimum atomic E-state index is 0.917. The topological polar surface area (TPSA) is 13.1 Å². The second-order valence-corrected chi connectivity index (χ2v) is 13.7. The summed E-state index contributed by atoms with van der Waals surface area (Å²) >= 11 is 0. The van der Waals surface area contributed by atoms with Gasteiger partial charge in [-0.3, -0.25) is 0 Å². The Morgan fingerprint density at radius 1 is 0.286 bits per heavy atom. The van der Waals surface area contributed by atoms with Crippen LogP contribution >= 0.6 is 0 Å². The Kier molecular flexibility index (Phi) is 4.77. The van der Waals surface area contributed by atoms with Crippen molar-refractivity contribution in [2.45, 2.75) is 0 Å². The van der Waals surface area contributed by atoms with E-state index < -0.39 is 0 Å². The third kappa shape index (κ3) is 3.44. The predicted molar refractivity (Wildman–Crippen MR) is 210 cm³/mol. The van der Waals surface area contributed by atoms with Gasteiger partial charge in [0.05, 0.1) is 0 Å². The van der Waals surface area contributed by atoms with Crippen molar-refractivity contribution in [2.24, 2.45) is 0 Å². The zero-order chi connectivity index (χ0) is 31.8. The second-order valence-electron chi connectivity index (χ2n) is 13.7. The molecule has 0 saturated carbocycles. The first-order chi connectivity index (χ1) is 24.2. The van der Waals surface area contributed by atoms with Crippen molar-refractivity contribution >= 4 is 97.3 Å². The second kappa shape index (κ2) is 9.13. The van der Waals surface area contributed by atoms with E-state index in [2.05, 4.69) is 158 Å². The van der Waals surface area contributed by atoms with Gasteiger partial charge in [-0.2, -0.15) is 0 Å². The van der Waals surface area contributed by atoms with E-state index in [1.165, 1.54) is 92.1 Å². The van der Waals surface area contributed by atoms with E-state index in [4.69, 9.17) is 4.42 Å². The molecule has 0 atom stereocenters. The Hall–Kier alpha value is -6.44. The van der Waals surface area contributed by atoms with Gasteiger partial charge < -0.3 is 4.42 Å². The lowest BCUT2D eigenvalue weighted by Crippen LogP contribution is -1.89. The third-order valence-corrected chi connectivity index (χ3v) is 11.1. The van der Waals surface area contributed by atoms with Crippen LogP contribution in [-0.2, 0) is 0 Å². The van der Waals surface area contributed by atoms with E-state index in [0.717, 1.165) is 27.5 Å². The van der Waals surface area contributed by atoms with Gasteiger partial charge in [0.15, 0.2) is 0 Å². The highest BCUT2D eigenvalue weighted by Crippen LogP contribution is 2.46. The standard InChI is InChI=1S/C48H26O/c1-2-6-33-26-43-41(23-32(33)5-1)42-25-37(38-19-17-31-12-11-29-9-4-10-30-18-20-39(38)47(31)45(29)30)24-40(48(42)49-43)36-21-34-15-13-27-7-3-8-28-14-16-35(22-36)46(34)44(27)28/h1-26H. The van der Waals surface area contributed by atoms with Crippen LogP contribution in [0.1, 0.15) is 0 Å². The molecule has 1 aromatic heterocycles. The van der Waals surface area contributed by atoms with Crippen LogP contribution in [-0.4, -0.2) is 0 Å². The molecule has 0 radical (unpaired) electrons. The highest BCUT2D eigenvalue weighted by atomic mass is 16.3. The first kappa shape index (κ1) is 25.6. The average Bonchev–Trinajstić information content (AvgIpc) is 3.51. The smallest absolute Gasteiger partial charge is 0.143 e. The average molecular weight is 619 g/mol. The fourth-order valence-electron chi connectivity index (χ4n) is 8.83. The summed E-state index contributed by atoms with van der Waals surface area (Å²) in [6, 6.07) is 58.5. The fraction of sp³-hybridized carbons (Fsp3) is 0. The molecule has 0 saturated heterocycles. The van der Waals surface area contributed by atoms with Crippen LogP contribution in [0.4, 0.5) is 0 Å². The van der Waals surface area contributed by atoms with Gasteiger partial charge in [-0.1, -0.05) is 121 Å². The summed E-state index contributed by atoms with van der Waals surface area (Å²) in [5, 5.41) is 20.2. The summed E-state index contributed by atoms with van der Waals surface area (Å²) in [5.74, 6) is 0. The van der Waals surface area contributed by atoms with Gasteiger partial charge in [-0.05, 0) is 128 Å². The van der Waals surface area contributed by atoms with Gasteiger partial charge >= 0.3 is 0 Å².